The predicted octanol–water partition coefficient (Wildman–Crippen LogP) is 2.27. The molecule has 0 fully saturated rings. The highest BCUT2D eigenvalue weighted by Gasteiger charge is 2.43. The normalized spacial score (nSPS) is 21.7. The van der Waals surface area contributed by atoms with Gasteiger partial charge in [-0.25, -0.2) is 8.42 Å². The molecule has 6 nitrogen and oxygen atoms in total. The second-order valence-electron chi connectivity index (χ2n) is 6.77. The zero-order valence-electron chi connectivity index (χ0n) is 14.9. The number of aliphatic hydroxyl groups excluding tert-OH is 1. The maximum Gasteiger partial charge on any atom is 0.244 e. The molecule has 2 unspecified atom stereocenters. The van der Waals surface area contributed by atoms with E-state index in [4.69, 9.17) is 0 Å². The van der Waals surface area contributed by atoms with Gasteiger partial charge in [0.25, 0.3) is 0 Å². The van der Waals surface area contributed by atoms with Gasteiger partial charge in [0, 0.05) is 49.9 Å². The lowest BCUT2D eigenvalue weighted by atomic mass is 9.97. The molecule has 140 valence electrons. The van der Waals surface area contributed by atoms with Crippen molar-refractivity contribution in [2.75, 3.05) is 0 Å². The number of rotatable bonds is 4. The number of hydrogen-bond acceptors (Lipinski definition) is 4. The van der Waals surface area contributed by atoms with E-state index in [0.29, 0.717) is 12.0 Å². The third-order valence-corrected chi connectivity index (χ3v) is 7.06. The topological polar surface area (TPSA) is 75.4 Å². The van der Waals surface area contributed by atoms with Gasteiger partial charge in [0.2, 0.25) is 10.0 Å². The minimum atomic E-state index is -3.74. The molecule has 0 spiro atoms. The molecule has 0 amide bonds. The Bertz CT molecular complexity index is 1050. The van der Waals surface area contributed by atoms with Crippen molar-refractivity contribution < 1.29 is 13.5 Å². The Morgan fingerprint density at radius 1 is 1.07 bits per heavy atom. The molecule has 0 saturated heterocycles. The van der Waals surface area contributed by atoms with Crippen LogP contribution in [-0.2, 0) is 30.0 Å². The molecule has 7 heteroatoms. The van der Waals surface area contributed by atoms with Crippen LogP contribution in [-0.4, -0.2) is 33.4 Å². The van der Waals surface area contributed by atoms with Crippen molar-refractivity contribution >= 4 is 10.0 Å². The summed E-state index contributed by atoms with van der Waals surface area (Å²) in [7, 11) is -1.82. The van der Waals surface area contributed by atoms with Gasteiger partial charge in [-0.1, -0.05) is 18.2 Å². The molecule has 4 rings (SSSR count). The van der Waals surface area contributed by atoms with Gasteiger partial charge in [-0.3, -0.25) is 4.98 Å². The first kappa shape index (κ1) is 17.9. The van der Waals surface area contributed by atoms with E-state index < -0.39 is 22.2 Å². The van der Waals surface area contributed by atoms with E-state index in [2.05, 4.69) is 4.98 Å². The number of aromatic nitrogens is 2. The number of aliphatic hydroxyl groups is 1. The molecule has 0 bridgehead atoms. The van der Waals surface area contributed by atoms with Gasteiger partial charge in [-0.05, 0) is 35.9 Å². The molecule has 2 atom stereocenters. The van der Waals surface area contributed by atoms with Crippen LogP contribution in [0, 0.1) is 0 Å². The maximum atomic E-state index is 13.4. The number of benzene rings is 1. The highest BCUT2D eigenvalue weighted by Crippen LogP contribution is 2.38. The molecule has 27 heavy (non-hydrogen) atoms. The molecule has 2 aromatic heterocycles. The lowest BCUT2D eigenvalue weighted by Gasteiger charge is -2.39. The molecule has 3 aromatic rings. The average Bonchev–Trinajstić information content (AvgIpc) is 3.08. The highest BCUT2D eigenvalue weighted by atomic mass is 32.2. The van der Waals surface area contributed by atoms with E-state index in [0.717, 1.165) is 11.3 Å². The lowest BCUT2D eigenvalue weighted by Crippen LogP contribution is -2.48. The number of aryl methyl sites for hydroxylation is 1. The fourth-order valence-electron chi connectivity index (χ4n) is 3.64. The van der Waals surface area contributed by atoms with E-state index in [-0.39, 0.29) is 11.4 Å². The Morgan fingerprint density at radius 2 is 1.81 bits per heavy atom. The quantitative estimate of drug-likeness (QED) is 0.750. The largest absolute Gasteiger partial charge is 0.387 e. The molecule has 1 N–H and O–H groups in total. The van der Waals surface area contributed by atoms with Crippen molar-refractivity contribution in [1.82, 2.24) is 13.9 Å². The van der Waals surface area contributed by atoms with E-state index >= 15 is 0 Å². The summed E-state index contributed by atoms with van der Waals surface area (Å²) in [5.74, 6) is 0. The summed E-state index contributed by atoms with van der Waals surface area (Å²) in [4.78, 5) is 4.17. The summed E-state index contributed by atoms with van der Waals surface area (Å²) in [5, 5.41) is 11.1. The zero-order valence-corrected chi connectivity index (χ0v) is 15.7. The van der Waals surface area contributed by atoms with Crippen LogP contribution in [0.5, 0.6) is 0 Å². The van der Waals surface area contributed by atoms with E-state index in [1.807, 2.05) is 29.9 Å². The average molecular weight is 383 g/mol. The number of fused-ring (bicyclic) bond motifs is 1. The van der Waals surface area contributed by atoms with Gasteiger partial charge in [-0.15, -0.1) is 0 Å². The first-order chi connectivity index (χ1) is 13.0. The molecular formula is C20H21N3O3S. The zero-order chi connectivity index (χ0) is 19.0. The molecule has 0 aliphatic carbocycles. The summed E-state index contributed by atoms with van der Waals surface area (Å²) in [5.41, 5.74) is 2.26. The standard InChI is InChI=1S/C20H21N3O3S/c1-22-12-4-5-16(22)13-18-20(24)17-6-2-3-7-19(17)27(25,26)23(18)14-15-8-10-21-11-9-15/h2-12,18,20,24H,13-14H2,1H3. The summed E-state index contributed by atoms with van der Waals surface area (Å²) < 4.78 is 30.1. The minimum absolute atomic E-state index is 0.176. The highest BCUT2D eigenvalue weighted by molar-refractivity contribution is 7.89. The van der Waals surface area contributed by atoms with Gasteiger partial charge >= 0.3 is 0 Å². The SMILES string of the molecule is Cn1cccc1CC1C(O)c2ccccc2S(=O)(=O)N1Cc1ccncc1. The van der Waals surface area contributed by atoms with Crippen LogP contribution >= 0.6 is 0 Å². The van der Waals surface area contributed by atoms with Crippen molar-refractivity contribution in [2.24, 2.45) is 7.05 Å². The summed E-state index contributed by atoms with van der Waals surface area (Å²) in [6, 6.07) is 13.6. The first-order valence-electron chi connectivity index (χ1n) is 8.76. The number of pyridine rings is 1. The molecule has 0 radical (unpaired) electrons. The smallest absolute Gasteiger partial charge is 0.244 e. The minimum Gasteiger partial charge on any atom is -0.387 e. The van der Waals surface area contributed by atoms with Crippen LogP contribution in [0.4, 0.5) is 0 Å². The summed E-state index contributed by atoms with van der Waals surface area (Å²) in [6.45, 7) is 0.186. The predicted molar refractivity (Wildman–Crippen MR) is 101 cm³/mol. The van der Waals surface area contributed by atoms with Crippen LogP contribution in [0.2, 0.25) is 0 Å². The van der Waals surface area contributed by atoms with Gasteiger partial charge in [0.1, 0.15) is 0 Å². The Hall–Kier alpha value is -2.48. The lowest BCUT2D eigenvalue weighted by molar-refractivity contribution is 0.0761. The molecule has 1 aliphatic rings. The molecule has 1 aliphatic heterocycles. The van der Waals surface area contributed by atoms with Crippen LogP contribution in [0.25, 0.3) is 0 Å². The second-order valence-corrected chi connectivity index (χ2v) is 8.63. The van der Waals surface area contributed by atoms with Crippen LogP contribution in [0.3, 0.4) is 0 Å². The van der Waals surface area contributed by atoms with Crippen molar-refractivity contribution in [2.45, 2.75) is 30.0 Å². The number of hydrogen-bond donors (Lipinski definition) is 1. The van der Waals surface area contributed by atoms with Crippen LogP contribution < -0.4 is 0 Å². The van der Waals surface area contributed by atoms with Gasteiger partial charge in [-0.2, -0.15) is 4.31 Å². The fourth-order valence-corrected chi connectivity index (χ4v) is 5.49. The molecule has 3 heterocycles. The third kappa shape index (κ3) is 3.18. The Kier molecular flexibility index (Phi) is 4.59. The monoisotopic (exact) mass is 383 g/mol. The van der Waals surface area contributed by atoms with Crippen molar-refractivity contribution in [1.29, 1.82) is 0 Å². The van der Waals surface area contributed by atoms with Crippen molar-refractivity contribution in [3.8, 4) is 0 Å². The van der Waals surface area contributed by atoms with Gasteiger partial charge in [0.15, 0.2) is 0 Å². The van der Waals surface area contributed by atoms with Crippen molar-refractivity contribution in [3.05, 3.63) is 83.9 Å². The molecular weight excluding hydrogens is 362 g/mol. The Labute approximate surface area is 158 Å². The van der Waals surface area contributed by atoms with E-state index in [9.17, 15) is 13.5 Å². The van der Waals surface area contributed by atoms with Crippen LogP contribution in [0.15, 0.2) is 72.0 Å². The second kappa shape index (κ2) is 6.92. The Balaban J connectivity index is 1.81. The van der Waals surface area contributed by atoms with Gasteiger partial charge < -0.3 is 9.67 Å². The molecule has 1 aromatic carbocycles. The molecule has 0 saturated carbocycles. The van der Waals surface area contributed by atoms with Gasteiger partial charge in [0.05, 0.1) is 17.0 Å². The van der Waals surface area contributed by atoms with Crippen molar-refractivity contribution in [3.63, 3.8) is 0 Å². The Morgan fingerprint density at radius 3 is 2.52 bits per heavy atom. The third-order valence-electron chi connectivity index (χ3n) is 5.12. The van der Waals surface area contributed by atoms with Crippen LogP contribution in [0.1, 0.15) is 22.9 Å². The summed E-state index contributed by atoms with van der Waals surface area (Å²) >= 11 is 0. The maximum absolute atomic E-state index is 13.4. The van der Waals surface area contributed by atoms with E-state index in [1.165, 1.54) is 4.31 Å². The fraction of sp³-hybridized carbons (Fsp3) is 0.250. The number of nitrogens with zero attached hydrogens (tertiary/aromatic N) is 3. The summed E-state index contributed by atoms with van der Waals surface area (Å²) in [6.07, 6.45) is 4.72. The first-order valence-corrected chi connectivity index (χ1v) is 10.2. The number of sulfonamides is 1. The van der Waals surface area contributed by atoms with E-state index in [1.54, 1.807) is 48.8 Å².